The van der Waals surface area contributed by atoms with Gasteiger partial charge >= 0.3 is 0 Å². The van der Waals surface area contributed by atoms with E-state index in [0.29, 0.717) is 6.61 Å². The Bertz CT molecular complexity index is 824. The molecule has 0 aliphatic rings. The van der Waals surface area contributed by atoms with Gasteiger partial charge in [0.2, 0.25) is 0 Å². The number of rotatable bonds is 9. The molecule has 0 amide bonds. The molecule has 0 radical (unpaired) electrons. The van der Waals surface area contributed by atoms with Crippen LogP contribution >= 0.6 is 22.6 Å². The van der Waals surface area contributed by atoms with Gasteiger partial charge < -0.3 is 15.0 Å². The van der Waals surface area contributed by atoms with Crippen LogP contribution in [-0.4, -0.2) is 23.2 Å². The molecular formula is C22H24IN3O. The van der Waals surface area contributed by atoms with E-state index in [0.717, 1.165) is 34.8 Å². The van der Waals surface area contributed by atoms with E-state index in [2.05, 4.69) is 74.2 Å². The standard InChI is InChI=1S/C22H24IN3O/c1-24-22-9-5-6-19(25-22)14-15-27-21-12-10-18(11-13-21)16-26(17-23)20-7-3-2-4-8-20/h2-13H,14-17H2,1H3,(H,24,25). The van der Waals surface area contributed by atoms with Crippen molar-refractivity contribution in [3.8, 4) is 5.75 Å². The molecule has 0 saturated heterocycles. The smallest absolute Gasteiger partial charge is 0.125 e. The molecule has 0 spiro atoms. The first-order chi connectivity index (χ1) is 13.3. The summed E-state index contributed by atoms with van der Waals surface area (Å²) in [5.41, 5.74) is 3.54. The lowest BCUT2D eigenvalue weighted by Crippen LogP contribution is -2.20. The predicted molar refractivity (Wildman–Crippen MR) is 121 cm³/mol. The van der Waals surface area contributed by atoms with Crippen molar-refractivity contribution in [3.05, 3.63) is 84.1 Å². The SMILES string of the molecule is CNc1cccc(CCOc2ccc(CN(CI)c3ccccc3)cc2)n1. The Morgan fingerprint density at radius 1 is 0.963 bits per heavy atom. The molecule has 1 aromatic heterocycles. The minimum absolute atomic E-state index is 0.614. The van der Waals surface area contributed by atoms with Gasteiger partial charge in [-0.25, -0.2) is 4.98 Å². The van der Waals surface area contributed by atoms with Crippen LogP contribution in [0, 0.1) is 0 Å². The lowest BCUT2D eigenvalue weighted by Gasteiger charge is -2.22. The van der Waals surface area contributed by atoms with Gasteiger partial charge in [-0.3, -0.25) is 0 Å². The van der Waals surface area contributed by atoms with Crippen molar-refractivity contribution in [2.45, 2.75) is 13.0 Å². The normalized spacial score (nSPS) is 10.4. The monoisotopic (exact) mass is 473 g/mol. The van der Waals surface area contributed by atoms with E-state index in [4.69, 9.17) is 4.74 Å². The minimum Gasteiger partial charge on any atom is -0.493 e. The zero-order valence-electron chi connectivity index (χ0n) is 15.4. The highest BCUT2D eigenvalue weighted by atomic mass is 127. The molecule has 0 saturated carbocycles. The van der Waals surface area contributed by atoms with Crippen LogP contribution < -0.4 is 15.0 Å². The quantitative estimate of drug-likeness (QED) is 0.265. The first kappa shape index (κ1) is 19.5. The maximum Gasteiger partial charge on any atom is 0.125 e. The number of para-hydroxylation sites is 1. The van der Waals surface area contributed by atoms with Gasteiger partial charge in [-0.15, -0.1) is 0 Å². The summed E-state index contributed by atoms with van der Waals surface area (Å²) in [4.78, 5) is 6.85. The Labute approximate surface area is 174 Å². The van der Waals surface area contributed by atoms with E-state index in [9.17, 15) is 0 Å². The number of benzene rings is 2. The van der Waals surface area contributed by atoms with Gasteiger partial charge in [0.15, 0.2) is 0 Å². The van der Waals surface area contributed by atoms with Crippen molar-refractivity contribution in [2.24, 2.45) is 0 Å². The molecular weight excluding hydrogens is 449 g/mol. The molecule has 3 rings (SSSR count). The van der Waals surface area contributed by atoms with Gasteiger partial charge in [-0.05, 0) is 42.0 Å². The summed E-state index contributed by atoms with van der Waals surface area (Å²) in [6, 6.07) is 24.8. The van der Waals surface area contributed by atoms with Crippen molar-refractivity contribution < 1.29 is 4.74 Å². The summed E-state index contributed by atoms with van der Waals surface area (Å²) < 4.78 is 6.82. The zero-order valence-corrected chi connectivity index (χ0v) is 17.6. The van der Waals surface area contributed by atoms with E-state index in [1.54, 1.807) is 0 Å². The summed E-state index contributed by atoms with van der Waals surface area (Å²) in [5, 5.41) is 3.06. The lowest BCUT2D eigenvalue weighted by atomic mass is 10.2. The third-order valence-corrected chi connectivity index (χ3v) is 5.08. The van der Waals surface area contributed by atoms with Crippen LogP contribution in [0.1, 0.15) is 11.3 Å². The van der Waals surface area contributed by atoms with E-state index in [-0.39, 0.29) is 0 Å². The van der Waals surface area contributed by atoms with Gasteiger partial charge in [0, 0.05) is 31.4 Å². The van der Waals surface area contributed by atoms with Gasteiger partial charge in [-0.1, -0.05) is 59.0 Å². The van der Waals surface area contributed by atoms with Gasteiger partial charge in [0.1, 0.15) is 11.6 Å². The Balaban J connectivity index is 1.52. The van der Waals surface area contributed by atoms with Crippen molar-refractivity contribution in [1.82, 2.24) is 4.98 Å². The van der Waals surface area contributed by atoms with Gasteiger partial charge in [0.05, 0.1) is 11.2 Å². The van der Waals surface area contributed by atoms with E-state index in [1.165, 1.54) is 11.3 Å². The van der Waals surface area contributed by atoms with Crippen molar-refractivity contribution in [2.75, 3.05) is 28.4 Å². The molecule has 0 atom stereocenters. The molecule has 0 fully saturated rings. The fourth-order valence-corrected chi connectivity index (χ4v) is 3.42. The van der Waals surface area contributed by atoms with Crippen molar-refractivity contribution >= 4 is 34.1 Å². The van der Waals surface area contributed by atoms with Crippen molar-refractivity contribution in [3.63, 3.8) is 0 Å². The molecule has 27 heavy (non-hydrogen) atoms. The van der Waals surface area contributed by atoms with E-state index in [1.807, 2.05) is 43.4 Å². The Morgan fingerprint density at radius 2 is 1.74 bits per heavy atom. The molecule has 2 aromatic carbocycles. The summed E-state index contributed by atoms with van der Waals surface area (Å²) in [6.45, 7) is 1.50. The highest BCUT2D eigenvalue weighted by Gasteiger charge is 2.06. The van der Waals surface area contributed by atoms with Crippen molar-refractivity contribution in [1.29, 1.82) is 0 Å². The van der Waals surface area contributed by atoms with Crippen LogP contribution in [0.4, 0.5) is 11.5 Å². The van der Waals surface area contributed by atoms with Crippen LogP contribution in [0.2, 0.25) is 0 Å². The minimum atomic E-state index is 0.614. The van der Waals surface area contributed by atoms with Crippen LogP contribution in [0.15, 0.2) is 72.8 Å². The Kier molecular flexibility index (Phi) is 7.33. The fourth-order valence-electron chi connectivity index (χ4n) is 2.78. The number of aromatic nitrogens is 1. The number of hydrogen-bond acceptors (Lipinski definition) is 4. The number of nitrogens with one attached hydrogen (secondary N) is 1. The molecule has 1 heterocycles. The van der Waals surface area contributed by atoms with Crippen LogP contribution in [-0.2, 0) is 13.0 Å². The topological polar surface area (TPSA) is 37.4 Å². The molecule has 5 heteroatoms. The largest absolute Gasteiger partial charge is 0.493 e. The third kappa shape index (κ3) is 5.85. The maximum absolute atomic E-state index is 5.88. The van der Waals surface area contributed by atoms with Crippen LogP contribution in [0.3, 0.4) is 0 Å². The lowest BCUT2D eigenvalue weighted by molar-refractivity contribution is 0.320. The number of ether oxygens (including phenoxy) is 1. The number of anilines is 2. The fraction of sp³-hybridized carbons (Fsp3) is 0.227. The number of pyridine rings is 1. The average molecular weight is 473 g/mol. The van der Waals surface area contributed by atoms with Crippen LogP contribution in [0.25, 0.3) is 0 Å². The summed E-state index contributed by atoms with van der Waals surface area (Å²) in [5.74, 6) is 1.78. The first-order valence-electron chi connectivity index (χ1n) is 9.00. The summed E-state index contributed by atoms with van der Waals surface area (Å²) in [6.07, 6.45) is 0.786. The Hall–Kier alpha value is -2.28. The zero-order chi connectivity index (χ0) is 18.9. The second-order valence-corrected chi connectivity index (χ2v) is 6.84. The molecule has 0 aliphatic heterocycles. The van der Waals surface area contributed by atoms with Crippen LogP contribution in [0.5, 0.6) is 5.75 Å². The highest BCUT2D eigenvalue weighted by Crippen LogP contribution is 2.20. The number of alkyl halides is 1. The average Bonchev–Trinajstić information content (AvgIpc) is 2.74. The summed E-state index contributed by atoms with van der Waals surface area (Å²) in [7, 11) is 1.88. The highest BCUT2D eigenvalue weighted by molar-refractivity contribution is 14.1. The summed E-state index contributed by atoms with van der Waals surface area (Å²) >= 11 is 2.41. The molecule has 0 bridgehead atoms. The maximum atomic E-state index is 5.88. The molecule has 3 aromatic rings. The molecule has 1 N–H and O–H groups in total. The van der Waals surface area contributed by atoms with Gasteiger partial charge in [-0.2, -0.15) is 0 Å². The first-order valence-corrected chi connectivity index (χ1v) is 10.5. The predicted octanol–water partition coefficient (Wildman–Crippen LogP) is 5.14. The molecule has 140 valence electrons. The molecule has 0 aliphatic carbocycles. The second kappa shape index (κ2) is 10.2. The number of hydrogen-bond donors (Lipinski definition) is 1. The number of halogens is 1. The van der Waals surface area contributed by atoms with E-state index < -0.39 is 0 Å². The second-order valence-electron chi connectivity index (χ2n) is 6.16. The van der Waals surface area contributed by atoms with E-state index >= 15 is 0 Å². The Morgan fingerprint density at radius 3 is 2.44 bits per heavy atom. The molecule has 4 nitrogen and oxygen atoms in total. The number of nitrogens with zero attached hydrogens (tertiary/aromatic N) is 2. The third-order valence-electron chi connectivity index (χ3n) is 4.25. The molecule has 0 unspecified atom stereocenters. The van der Waals surface area contributed by atoms with Gasteiger partial charge in [0.25, 0.3) is 0 Å².